The molecule has 0 heterocycles. The highest BCUT2D eigenvalue weighted by Gasteiger charge is 2.19. The molecule has 7 nitrogen and oxygen atoms in total. The first-order valence-electron chi connectivity index (χ1n) is 9.68. The van der Waals surface area contributed by atoms with Gasteiger partial charge in [0, 0.05) is 12.2 Å². The Morgan fingerprint density at radius 2 is 1.57 bits per heavy atom. The van der Waals surface area contributed by atoms with Crippen LogP contribution in [0.2, 0.25) is 0 Å². The van der Waals surface area contributed by atoms with E-state index in [1.807, 2.05) is 31.2 Å². The zero-order chi connectivity index (χ0) is 22.3. The van der Waals surface area contributed by atoms with E-state index in [-0.39, 0.29) is 11.5 Å². The fraction of sp³-hybridized carbons (Fsp3) is 0.348. The second kappa shape index (κ2) is 9.91. The Labute approximate surface area is 176 Å². The molecule has 2 aromatic carbocycles. The van der Waals surface area contributed by atoms with Crippen LogP contribution in [-0.4, -0.2) is 29.7 Å². The quantitative estimate of drug-likeness (QED) is 0.694. The number of ether oxygens (including phenoxy) is 2. The maximum absolute atomic E-state index is 12.3. The number of anilines is 1. The van der Waals surface area contributed by atoms with Gasteiger partial charge in [-0.25, -0.2) is 9.59 Å². The van der Waals surface area contributed by atoms with Gasteiger partial charge in [0.25, 0.3) is 5.91 Å². The predicted octanol–water partition coefficient (Wildman–Crippen LogP) is 4.20. The van der Waals surface area contributed by atoms with Crippen LogP contribution in [0, 0.1) is 6.92 Å². The van der Waals surface area contributed by atoms with Gasteiger partial charge in [0.05, 0.1) is 5.56 Å². The molecule has 0 aromatic heterocycles. The van der Waals surface area contributed by atoms with Gasteiger partial charge in [0.15, 0.2) is 6.10 Å². The first-order chi connectivity index (χ1) is 14.0. The zero-order valence-corrected chi connectivity index (χ0v) is 17.9. The molecule has 0 saturated carbocycles. The van der Waals surface area contributed by atoms with Gasteiger partial charge in [-0.3, -0.25) is 10.1 Å². The van der Waals surface area contributed by atoms with Gasteiger partial charge >= 0.3 is 12.1 Å². The molecule has 2 rings (SSSR count). The van der Waals surface area contributed by atoms with E-state index in [0.717, 1.165) is 11.1 Å². The van der Waals surface area contributed by atoms with Crippen LogP contribution in [0.4, 0.5) is 10.5 Å². The number of hydrogen-bond acceptors (Lipinski definition) is 5. The second-order valence-electron chi connectivity index (χ2n) is 7.96. The van der Waals surface area contributed by atoms with Crippen molar-refractivity contribution in [3.8, 4) is 0 Å². The molecule has 1 atom stereocenters. The first kappa shape index (κ1) is 22.9. The average Bonchev–Trinajstić information content (AvgIpc) is 2.66. The van der Waals surface area contributed by atoms with E-state index in [1.165, 1.54) is 19.1 Å². The average molecular weight is 412 g/mol. The minimum Gasteiger partial charge on any atom is -0.449 e. The Balaban J connectivity index is 1.84. The minimum atomic E-state index is -0.942. The van der Waals surface area contributed by atoms with Crippen molar-refractivity contribution < 1.29 is 23.9 Å². The maximum Gasteiger partial charge on any atom is 0.412 e. The van der Waals surface area contributed by atoms with Crippen molar-refractivity contribution in [1.29, 1.82) is 0 Å². The molecule has 160 valence electrons. The molecule has 0 bridgehead atoms. The Morgan fingerprint density at radius 3 is 2.13 bits per heavy atom. The van der Waals surface area contributed by atoms with Crippen LogP contribution in [0.3, 0.4) is 0 Å². The Morgan fingerprint density at radius 1 is 0.967 bits per heavy atom. The van der Waals surface area contributed by atoms with Gasteiger partial charge in [-0.2, -0.15) is 0 Å². The third-order valence-electron chi connectivity index (χ3n) is 4.01. The summed E-state index contributed by atoms with van der Waals surface area (Å²) in [6.45, 7) is 9.16. The van der Waals surface area contributed by atoms with Crippen LogP contribution in [0.1, 0.15) is 49.2 Å². The number of aryl methyl sites for hydroxylation is 1. The molecule has 2 aromatic rings. The Kier molecular flexibility index (Phi) is 7.58. The lowest BCUT2D eigenvalue weighted by molar-refractivity contribution is -0.129. The highest BCUT2D eigenvalue weighted by Crippen LogP contribution is 2.14. The SMILES string of the molecule is Cc1ccc(CNC(=O)[C@H](C)OC(=O)c2ccc(NC(=O)OC(C)(C)C)cc2)cc1. The van der Waals surface area contributed by atoms with E-state index >= 15 is 0 Å². The first-order valence-corrected chi connectivity index (χ1v) is 9.68. The third-order valence-corrected chi connectivity index (χ3v) is 4.01. The van der Waals surface area contributed by atoms with Crippen molar-refractivity contribution in [2.75, 3.05) is 5.32 Å². The summed E-state index contributed by atoms with van der Waals surface area (Å²) in [7, 11) is 0. The van der Waals surface area contributed by atoms with Crippen molar-refractivity contribution in [2.45, 2.75) is 52.9 Å². The number of nitrogens with one attached hydrogen (secondary N) is 2. The topological polar surface area (TPSA) is 93.7 Å². The largest absolute Gasteiger partial charge is 0.449 e. The molecule has 0 saturated heterocycles. The molecule has 0 radical (unpaired) electrons. The molecular formula is C23H28N2O5. The van der Waals surface area contributed by atoms with Gasteiger partial charge in [-0.1, -0.05) is 29.8 Å². The number of carbonyl (C=O) groups excluding carboxylic acids is 3. The molecule has 0 fully saturated rings. The van der Waals surface area contributed by atoms with Crippen LogP contribution in [0.5, 0.6) is 0 Å². The third kappa shape index (κ3) is 7.58. The van der Waals surface area contributed by atoms with Crippen molar-refractivity contribution in [2.24, 2.45) is 0 Å². The van der Waals surface area contributed by atoms with Crippen molar-refractivity contribution >= 4 is 23.7 Å². The monoisotopic (exact) mass is 412 g/mol. The van der Waals surface area contributed by atoms with Crippen molar-refractivity contribution in [3.63, 3.8) is 0 Å². The summed E-state index contributed by atoms with van der Waals surface area (Å²) < 4.78 is 10.4. The van der Waals surface area contributed by atoms with Gasteiger partial charge in [-0.05, 0) is 64.4 Å². The molecule has 2 N–H and O–H groups in total. The minimum absolute atomic E-state index is 0.267. The summed E-state index contributed by atoms with van der Waals surface area (Å²) in [6.07, 6.45) is -1.53. The summed E-state index contributed by atoms with van der Waals surface area (Å²) in [5, 5.41) is 5.33. The van der Waals surface area contributed by atoms with E-state index in [1.54, 1.807) is 32.9 Å². The summed E-state index contributed by atoms with van der Waals surface area (Å²) >= 11 is 0. The van der Waals surface area contributed by atoms with Crippen LogP contribution in [0.25, 0.3) is 0 Å². The molecule has 0 spiro atoms. The maximum atomic E-state index is 12.3. The lowest BCUT2D eigenvalue weighted by atomic mass is 10.1. The van der Waals surface area contributed by atoms with Gasteiger partial charge in [0.1, 0.15) is 5.60 Å². The van der Waals surface area contributed by atoms with Crippen LogP contribution >= 0.6 is 0 Å². The van der Waals surface area contributed by atoms with E-state index < -0.39 is 23.8 Å². The fourth-order valence-corrected chi connectivity index (χ4v) is 2.43. The number of benzene rings is 2. The molecule has 30 heavy (non-hydrogen) atoms. The van der Waals surface area contributed by atoms with E-state index in [2.05, 4.69) is 10.6 Å². The summed E-state index contributed by atoms with van der Waals surface area (Å²) in [5.74, 6) is -1.01. The van der Waals surface area contributed by atoms with Gasteiger partial charge in [-0.15, -0.1) is 0 Å². The van der Waals surface area contributed by atoms with Crippen molar-refractivity contribution in [1.82, 2.24) is 5.32 Å². The molecule has 0 aliphatic heterocycles. The predicted molar refractivity (Wildman–Crippen MR) is 114 cm³/mol. The molecular weight excluding hydrogens is 384 g/mol. The smallest absolute Gasteiger partial charge is 0.412 e. The Hall–Kier alpha value is -3.35. The summed E-state index contributed by atoms with van der Waals surface area (Å²) in [5.41, 5.74) is 2.23. The summed E-state index contributed by atoms with van der Waals surface area (Å²) in [6, 6.07) is 13.9. The lowest BCUT2D eigenvalue weighted by Gasteiger charge is -2.19. The lowest BCUT2D eigenvalue weighted by Crippen LogP contribution is -2.35. The highest BCUT2D eigenvalue weighted by atomic mass is 16.6. The van der Waals surface area contributed by atoms with E-state index in [4.69, 9.17) is 9.47 Å². The number of carbonyl (C=O) groups is 3. The van der Waals surface area contributed by atoms with E-state index in [0.29, 0.717) is 12.2 Å². The fourth-order valence-electron chi connectivity index (χ4n) is 2.43. The van der Waals surface area contributed by atoms with E-state index in [9.17, 15) is 14.4 Å². The van der Waals surface area contributed by atoms with Crippen LogP contribution in [0.15, 0.2) is 48.5 Å². The molecule has 2 amide bonds. The number of rotatable bonds is 6. The number of hydrogen-bond donors (Lipinski definition) is 2. The highest BCUT2D eigenvalue weighted by molar-refractivity contribution is 5.93. The Bertz CT molecular complexity index is 883. The number of amides is 2. The standard InChI is InChI=1S/C23H28N2O5/c1-15-6-8-17(9-7-15)14-24-20(26)16(2)29-21(27)18-10-12-19(13-11-18)25-22(28)30-23(3,4)5/h6-13,16H,14H2,1-5H3,(H,24,26)(H,25,28)/t16-/m0/s1. The normalized spacial score (nSPS) is 11.9. The second-order valence-corrected chi connectivity index (χ2v) is 7.96. The van der Waals surface area contributed by atoms with Crippen molar-refractivity contribution in [3.05, 3.63) is 65.2 Å². The molecule has 0 aliphatic rings. The van der Waals surface area contributed by atoms with Gasteiger partial charge < -0.3 is 14.8 Å². The summed E-state index contributed by atoms with van der Waals surface area (Å²) in [4.78, 5) is 36.2. The zero-order valence-electron chi connectivity index (χ0n) is 17.9. The molecule has 0 aliphatic carbocycles. The number of esters is 1. The van der Waals surface area contributed by atoms with Crippen LogP contribution < -0.4 is 10.6 Å². The van der Waals surface area contributed by atoms with Gasteiger partial charge in [0.2, 0.25) is 0 Å². The molecule has 7 heteroatoms. The molecule has 0 unspecified atom stereocenters. The van der Waals surface area contributed by atoms with Crippen LogP contribution in [-0.2, 0) is 20.8 Å².